The smallest absolute Gasteiger partial charge is 0.227 e. The molecule has 0 heterocycles. The minimum absolute atomic E-state index is 0.0871. The molecule has 1 aromatic carbocycles. The Labute approximate surface area is 117 Å². The highest BCUT2D eigenvalue weighted by molar-refractivity contribution is 5.83. The molecule has 0 aromatic heterocycles. The van der Waals surface area contributed by atoms with Crippen molar-refractivity contribution in [3.63, 3.8) is 0 Å². The minimum atomic E-state index is -0.178. The van der Waals surface area contributed by atoms with Gasteiger partial charge in [0.15, 0.2) is 0 Å². The fraction of sp³-hybridized carbons (Fsp3) is 0.588. The number of benzene rings is 1. The molecule has 1 rings (SSSR count). The number of hydrogen-bond donors (Lipinski definition) is 1. The Morgan fingerprint density at radius 1 is 1.11 bits per heavy atom. The zero-order chi connectivity index (χ0) is 14.6. The quantitative estimate of drug-likeness (QED) is 0.875. The first-order valence-corrected chi connectivity index (χ1v) is 7.10. The first-order chi connectivity index (χ1) is 8.69. The van der Waals surface area contributed by atoms with Gasteiger partial charge < -0.3 is 5.32 Å². The Morgan fingerprint density at radius 3 is 2.05 bits per heavy atom. The molecule has 1 N–H and O–H groups in total. The van der Waals surface area contributed by atoms with E-state index in [1.165, 1.54) is 5.56 Å². The molecule has 0 aliphatic carbocycles. The summed E-state index contributed by atoms with van der Waals surface area (Å²) in [5.74, 6) is 0.642. The van der Waals surface area contributed by atoms with E-state index < -0.39 is 0 Å². The number of amides is 1. The van der Waals surface area contributed by atoms with Crippen molar-refractivity contribution in [2.24, 2.45) is 5.92 Å². The van der Waals surface area contributed by atoms with Crippen molar-refractivity contribution in [1.29, 1.82) is 0 Å². The van der Waals surface area contributed by atoms with Gasteiger partial charge >= 0.3 is 0 Å². The lowest BCUT2D eigenvalue weighted by molar-refractivity contribution is -0.123. The Balaban J connectivity index is 2.72. The molecule has 1 amide bonds. The second kappa shape index (κ2) is 6.23. The highest BCUT2D eigenvalue weighted by Gasteiger charge is 2.20. The summed E-state index contributed by atoms with van der Waals surface area (Å²) in [5, 5.41) is 3.03. The molecule has 0 saturated carbocycles. The summed E-state index contributed by atoms with van der Waals surface area (Å²) in [6, 6.07) is 8.42. The van der Waals surface area contributed by atoms with Crippen LogP contribution in [0.15, 0.2) is 24.3 Å². The van der Waals surface area contributed by atoms with Crippen LogP contribution >= 0.6 is 0 Å². The Bertz CT molecular complexity index is 412. The van der Waals surface area contributed by atoms with Crippen molar-refractivity contribution < 1.29 is 4.79 Å². The fourth-order valence-electron chi connectivity index (χ4n) is 2.04. The predicted molar refractivity (Wildman–Crippen MR) is 81.3 cm³/mol. The summed E-state index contributed by atoms with van der Waals surface area (Å²) in [6.45, 7) is 12.4. The first-order valence-electron chi connectivity index (χ1n) is 7.10. The summed E-state index contributed by atoms with van der Waals surface area (Å²) >= 11 is 0. The Morgan fingerprint density at radius 2 is 1.63 bits per heavy atom. The molecule has 0 bridgehead atoms. The van der Waals surface area contributed by atoms with Gasteiger partial charge in [0, 0.05) is 5.54 Å². The molecule has 0 fully saturated rings. The van der Waals surface area contributed by atoms with E-state index in [0.717, 1.165) is 12.0 Å². The molecule has 0 spiro atoms. The van der Waals surface area contributed by atoms with Gasteiger partial charge in [-0.25, -0.2) is 0 Å². The fourth-order valence-corrected chi connectivity index (χ4v) is 2.04. The molecule has 0 radical (unpaired) electrons. The van der Waals surface area contributed by atoms with E-state index in [2.05, 4.69) is 43.4 Å². The molecule has 1 unspecified atom stereocenters. The lowest BCUT2D eigenvalue weighted by Crippen LogP contribution is -2.42. The average molecular weight is 261 g/mol. The Kier molecular flexibility index (Phi) is 5.16. The molecule has 1 aromatic rings. The number of hydrogen-bond acceptors (Lipinski definition) is 1. The van der Waals surface area contributed by atoms with Crippen LogP contribution in [0.5, 0.6) is 0 Å². The number of carbonyl (C=O) groups excluding carboxylic acids is 1. The average Bonchev–Trinajstić information content (AvgIpc) is 2.26. The van der Waals surface area contributed by atoms with Crippen molar-refractivity contribution in [1.82, 2.24) is 5.32 Å². The molecule has 2 heteroatoms. The molecular formula is C17H27NO. The van der Waals surface area contributed by atoms with Crippen LogP contribution in [-0.4, -0.2) is 11.4 Å². The summed E-state index contributed by atoms with van der Waals surface area (Å²) in [5.41, 5.74) is 2.24. The van der Waals surface area contributed by atoms with Gasteiger partial charge in [0.2, 0.25) is 5.91 Å². The predicted octanol–water partition coefficient (Wildman–Crippen LogP) is 3.90. The van der Waals surface area contributed by atoms with Gasteiger partial charge in [-0.2, -0.15) is 0 Å². The standard InChI is InChI=1S/C17H27NO/c1-12(2)11-14-7-9-15(10-8-14)13(3)16(19)18-17(4,5)6/h7-10,12-13H,11H2,1-6H3,(H,18,19). The van der Waals surface area contributed by atoms with E-state index in [1.54, 1.807) is 0 Å². The summed E-state index contributed by atoms with van der Waals surface area (Å²) in [4.78, 5) is 12.1. The second-order valence-electron chi connectivity index (χ2n) is 6.80. The molecular weight excluding hydrogens is 234 g/mol. The highest BCUT2D eigenvalue weighted by Crippen LogP contribution is 2.18. The molecule has 19 heavy (non-hydrogen) atoms. The van der Waals surface area contributed by atoms with Crippen molar-refractivity contribution in [2.75, 3.05) is 0 Å². The molecule has 0 saturated heterocycles. The molecule has 0 aliphatic heterocycles. The van der Waals surface area contributed by atoms with Gasteiger partial charge in [0.25, 0.3) is 0 Å². The van der Waals surface area contributed by atoms with E-state index in [0.29, 0.717) is 5.92 Å². The molecule has 1 atom stereocenters. The Hall–Kier alpha value is -1.31. The van der Waals surface area contributed by atoms with Crippen LogP contribution in [0, 0.1) is 5.92 Å². The molecule has 0 aliphatic rings. The van der Waals surface area contributed by atoms with E-state index in [9.17, 15) is 4.79 Å². The number of nitrogens with one attached hydrogen (secondary N) is 1. The SMILES string of the molecule is CC(C)Cc1ccc(C(C)C(=O)NC(C)(C)C)cc1. The van der Waals surface area contributed by atoms with E-state index in [1.807, 2.05) is 27.7 Å². The monoisotopic (exact) mass is 261 g/mol. The van der Waals surface area contributed by atoms with Gasteiger partial charge in [-0.3, -0.25) is 4.79 Å². The third-order valence-corrected chi connectivity index (χ3v) is 3.02. The summed E-state index contributed by atoms with van der Waals surface area (Å²) < 4.78 is 0. The van der Waals surface area contributed by atoms with Crippen molar-refractivity contribution in [3.8, 4) is 0 Å². The van der Waals surface area contributed by atoms with E-state index >= 15 is 0 Å². The highest BCUT2D eigenvalue weighted by atomic mass is 16.2. The summed E-state index contributed by atoms with van der Waals surface area (Å²) in [7, 11) is 0. The van der Waals surface area contributed by atoms with Crippen LogP contribution in [0.2, 0.25) is 0 Å². The zero-order valence-corrected chi connectivity index (χ0v) is 13.1. The van der Waals surface area contributed by atoms with Crippen LogP contribution < -0.4 is 5.32 Å². The van der Waals surface area contributed by atoms with Gasteiger partial charge in [-0.1, -0.05) is 38.1 Å². The third-order valence-electron chi connectivity index (χ3n) is 3.02. The van der Waals surface area contributed by atoms with Crippen molar-refractivity contribution in [3.05, 3.63) is 35.4 Å². The molecule has 2 nitrogen and oxygen atoms in total. The second-order valence-corrected chi connectivity index (χ2v) is 6.80. The summed E-state index contributed by atoms with van der Waals surface area (Å²) in [6.07, 6.45) is 1.09. The van der Waals surface area contributed by atoms with Crippen LogP contribution in [0.1, 0.15) is 58.6 Å². The molecule has 106 valence electrons. The van der Waals surface area contributed by atoms with Crippen molar-refractivity contribution in [2.45, 2.75) is 59.4 Å². The number of rotatable bonds is 4. The largest absolute Gasteiger partial charge is 0.351 e. The topological polar surface area (TPSA) is 29.1 Å². The van der Waals surface area contributed by atoms with Gasteiger partial charge in [0.1, 0.15) is 0 Å². The first kappa shape index (κ1) is 15.7. The van der Waals surface area contributed by atoms with Crippen LogP contribution in [0.4, 0.5) is 0 Å². The lowest BCUT2D eigenvalue weighted by atomic mass is 9.95. The maximum absolute atomic E-state index is 12.1. The minimum Gasteiger partial charge on any atom is -0.351 e. The third kappa shape index (κ3) is 5.46. The maximum Gasteiger partial charge on any atom is 0.227 e. The van der Waals surface area contributed by atoms with Crippen LogP contribution in [0.25, 0.3) is 0 Å². The van der Waals surface area contributed by atoms with Gasteiger partial charge in [0.05, 0.1) is 5.92 Å². The zero-order valence-electron chi connectivity index (χ0n) is 13.1. The van der Waals surface area contributed by atoms with E-state index in [-0.39, 0.29) is 17.4 Å². The van der Waals surface area contributed by atoms with Crippen LogP contribution in [0.3, 0.4) is 0 Å². The normalized spacial score (nSPS) is 13.4. The van der Waals surface area contributed by atoms with Crippen molar-refractivity contribution >= 4 is 5.91 Å². The van der Waals surface area contributed by atoms with Crippen LogP contribution in [-0.2, 0) is 11.2 Å². The lowest BCUT2D eigenvalue weighted by Gasteiger charge is -2.23. The van der Waals surface area contributed by atoms with Gasteiger partial charge in [-0.05, 0) is 51.2 Å². The van der Waals surface area contributed by atoms with E-state index in [4.69, 9.17) is 0 Å². The maximum atomic E-state index is 12.1. The number of carbonyl (C=O) groups is 1. The van der Waals surface area contributed by atoms with Gasteiger partial charge in [-0.15, -0.1) is 0 Å².